The lowest BCUT2D eigenvalue weighted by atomic mass is 10.2. The predicted octanol–water partition coefficient (Wildman–Crippen LogP) is 0.178. The molecule has 0 amide bonds. The lowest BCUT2D eigenvalue weighted by Gasteiger charge is -2.06. The number of rotatable bonds is 3. The van der Waals surface area contributed by atoms with Gasteiger partial charge < -0.3 is 0 Å². The van der Waals surface area contributed by atoms with E-state index in [4.69, 9.17) is 0 Å². The Labute approximate surface area is 83.4 Å². The first-order valence-electron chi connectivity index (χ1n) is 4.20. The molecule has 0 radical (unpaired) electrons. The van der Waals surface area contributed by atoms with Gasteiger partial charge in [0.05, 0.1) is 0 Å². The molecule has 6 nitrogen and oxygen atoms in total. The van der Waals surface area contributed by atoms with E-state index in [0.29, 0.717) is 5.82 Å². The molecule has 80 valence electrons. The molecule has 0 saturated carbocycles. The summed E-state index contributed by atoms with van der Waals surface area (Å²) in [6, 6.07) is 0. The SMILES string of the molecule is CC(C)c1nc(S(=O)(=O)N(C)C)n[nH]1. The number of H-pyrrole nitrogens is 1. The zero-order valence-electron chi connectivity index (χ0n) is 8.64. The van der Waals surface area contributed by atoms with Gasteiger partial charge in [0.1, 0.15) is 5.82 Å². The van der Waals surface area contributed by atoms with E-state index >= 15 is 0 Å². The van der Waals surface area contributed by atoms with Gasteiger partial charge >= 0.3 is 0 Å². The Morgan fingerprint density at radius 1 is 1.36 bits per heavy atom. The van der Waals surface area contributed by atoms with E-state index in [2.05, 4.69) is 15.2 Å². The molecule has 1 N–H and O–H groups in total. The minimum absolute atomic E-state index is 0.133. The van der Waals surface area contributed by atoms with Crippen molar-refractivity contribution in [3.63, 3.8) is 0 Å². The summed E-state index contributed by atoms with van der Waals surface area (Å²) in [5, 5.41) is 6.09. The van der Waals surface area contributed by atoms with Gasteiger partial charge in [-0.15, -0.1) is 5.10 Å². The highest BCUT2D eigenvalue weighted by atomic mass is 32.2. The van der Waals surface area contributed by atoms with Crippen molar-refractivity contribution >= 4 is 10.0 Å². The molecule has 1 aromatic rings. The minimum atomic E-state index is -3.51. The number of hydrogen-bond acceptors (Lipinski definition) is 4. The van der Waals surface area contributed by atoms with Crippen LogP contribution in [0.3, 0.4) is 0 Å². The van der Waals surface area contributed by atoms with E-state index in [1.807, 2.05) is 13.8 Å². The molecular weight excluding hydrogens is 204 g/mol. The number of nitrogens with zero attached hydrogens (tertiary/aromatic N) is 3. The Balaban J connectivity index is 3.10. The summed E-state index contributed by atoms with van der Waals surface area (Å²) in [6.07, 6.45) is 0. The van der Waals surface area contributed by atoms with Crippen LogP contribution in [-0.2, 0) is 10.0 Å². The zero-order chi connectivity index (χ0) is 10.9. The number of aromatic amines is 1. The number of sulfonamides is 1. The molecule has 0 spiro atoms. The first-order chi connectivity index (χ1) is 6.35. The quantitative estimate of drug-likeness (QED) is 0.784. The van der Waals surface area contributed by atoms with Crippen LogP contribution in [0.15, 0.2) is 5.16 Å². The van der Waals surface area contributed by atoms with Gasteiger partial charge in [-0.05, 0) is 0 Å². The van der Waals surface area contributed by atoms with Gasteiger partial charge in [-0.25, -0.2) is 17.7 Å². The first kappa shape index (κ1) is 11.1. The second-order valence-corrected chi connectivity index (χ2v) is 5.49. The molecule has 1 heterocycles. The maximum atomic E-state index is 11.5. The Bertz CT molecular complexity index is 407. The first-order valence-corrected chi connectivity index (χ1v) is 5.64. The van der Waals surface area contributed by atoms with Crippen LogP contribution >= 0.6 is 0 Å². The highest BCUT2D eigenvalue weighted by molar-refractivity contribution is 7.88. The van der Waals surface area contributed by atoms with Crippen LogP contribution in [-0.4, -0.2) is 42.0 Å². The van der Waals surface area contributed by atoms with Crippen LogP contribution in [0.1, 0.15) is 25.6 Å². The van der Waals surface area contributed by atoms with Crippen molar-refractivity contribution < 1.29 is 8.42 Å². The fraction of sp³-hybridized carbons (Fsp3) is 0.714. The van der Waals surface area contributed by atoms with Crippen molar-refractivity contribution in [2.45, 2.75) is 24.9 Å². The summed E-state index contributed by atoms with van der Waals surface area (Å²) in [6.45, 7) is 3.82. The molecule has 0 atom stereocenters. The third-order valence-electron chi connectivity index (χ3n) is 1.74. The molecule has 1 aromatic heterocycles. The highest BCUT2D eigenvalue weighted by Crippen LogP contribution is 2.12. The summed E-state index contributed by atoms with van der Waals surface area (Å²) in [4.78, 5) is 3.91. The van der Waals surface area contributed by atoms with Crippen LogP contribution in [0.5, 0.6) is 0 Å². The molecule has 0 aliphatic carbocycles. The van der Waals surface area contributed by atoms with E-state index in [9.17, 15) is 8.42 Å². The maximum Gasteiger partial charge on any atom is 0.282 e. The molecule has 0 unspecified atom stereocenters. The molecule has 14 heavy (non-hydrogen) atoms. The van der Waals surface area contributed by atoms with Crippen molar-refractivity contribution in [2.75, 3.05) is 14.1 Å². The molecule has 0 fully saturated rings. The fourth-order valence-corrected chi connectivity index (χ4v) is 1.50. The van der Waals surface area contributed by atoms with Crippen LogP contribution < -0.4 is 0 Å². The number of aromatic nitrogens is 3. The Hall–Kier alpha value is -0.950. The second kappa shape index (κ2) is 3.66. The lowest BCUT2D eigenvalue weighted by molar-refractivity contribution is 0.512. The molecule has 0 bridgehead atoms. The molecule has 0 saturated heterocycles. The average molecular weight is 218 g/mol. The van der Waals surface area contributed by atoms with E-state index in [-0.39, 0.29) is 11.1 Å². The molecule has 7 heteroatoms. The third-order valence-corrected chi connectivity index (χ3v) is 3.35. The van der Waals surface area contributed by atoms with E-state index in [1.165, 1.54) is 14.1 Å². The zero-order valence-corrected chi connectivity index (χ0v) is 9.46. The van der Waals surface area contributed by atoms with Crippen molar-refractivity contribution in [1.29, 1.82) is 0 Å². The Morgan fingerprint density at radius 2 is 1.93 bits per heavy atom. The van der Waals surface area contributed by atoms with E-state index in [0.717, 1.165) is 4.31 Å². The van der Waals surface area contributed by atoms with Gasteiger partial charge in [0, 0.05) is 20.0 Å². The van der Waals surface area contributed by atoms with Gasteiger partial charge in [0.25, 0.3) is 15.2 Å². The second-order valence-electron chi connectivity index (χ2n) is 3.45. The Morgan fingerprint density at radius 3 is 2.29 bits per heavy atom. The highest BCUT2D eigenvalue weighted by Gasteiger charge is 2.23. The van der Waals surface area contributed by atoms with E-state index < -0.39 is 10.0 Å². The van der Waals surface area contributed by atoms with Gasteiger partial charge in [-0.3, -0.25) is 5.10 Å². The largest absolute Gasteiger partial charge is 0.282 e. The number of hydrogen-bond donors (Lipinski definition) is 1. The summed E-state index contributed by atoms with van der Waals surface area (Å²) in [5.74, 6) is 0.707. The number of nitrogens with one attached hydrogen (secondary N) is 1. The summed E-state index contributed by atoms with van der Waals surface area (Å²) in [7, 11) is -0.619. The lowest BCUT2D eigenvalue weighted by Crippen LogP contribution is -2.23. The molecule has 0 aliphatic rings. The van der Waals surface area contributed by atoms with Crippen LogP contribution in [0, 0.1) is 0 Å². The predicted molar refractivity (Wildman–Crippen MR) is 51.3 cm³/mol. The topological polar surface area (TPSA) is 79.0 Å². The van der Waals surface area contributed by atoms with Gasteiger partial charge in [-0.1, -0.05) is 13.8 Å². The standard InChI is InChI=1S/C7H14N4O2S/c1-5(2)6-8-7(10-9-6)14(12,13)11(3)4/h5H,1-4H3,(H,8,9,10). The van der Waals surface area contributed by atoms with Crippen molar-refractivity contribution in [3.8, 4) is 0 Å². The smallest absolute Gasteiger partial charge is 0.262 e. The average Bonchev–Trinajstić information content (AvgIpc) is 2.51. The normalized spacial score (nSPS) is 12.7. The van der Waals surface area contributed by atoms with Crippen molar-refractivity contribution in [3.05, 3.63) is 5.82 Å². The molecule has 0 aromatic carbocycles. The van der Waals surface area contributed by atoms with Crippen molar-refractivity contribution in [2.24, 2.45) is 0 Å². The molecule has 0 aliphatic heterocycles. The van der Waals surface area contributed by atoms with Crippen LogP contribution in [0.2, 0.25) is 0 Å². The van der Waals surface area contributed by atoms with E-state index in [1.54, 1.807) is 0 Å². The molecule has 1 rings (SSSR count). The minimum Gasteiger partial charge on any atom is -0.262 e. The summed E-state index contributed by atoms with van der Waals surface area (Å²) < 4.78 is 24.2. The monoisotopic (exact) mass is 218 g/mol. The van der Waals surface area contributed by atoms with Gasteiger partial charge in [0.2, 0.25) is 0 Å². The maximum absolute atomic E-state index is 11.5. The van der Waals surface area contributed by atoms with Crippen LogP contribution in [0.25, 0.3) is 0 Å². The van der Waals surface area contributed by atoms with Crippen molar-refractivity contribution in [1.82, 2.24) is 19.5 Å². The third kappa shape index (κ3) is 1.93. The van der Waals surface area contributed by atoms with Gasteiger partial charge in [0.15, 0.2) is 0 Å². The van der Waals surface area contributed by atoms with Gasteiger partial charge in [-0.2, -0.15) is 0 Å². The fourth-order valence-electron chi connectivity index (χ4n) is 0.795. The summed E-state index contributed by atoms with van der Waals surface area (Å²) in [5.41, 5.74) is 0. The molecular formula is C7H14N4O2S. The Kier molecular flexibility index (Phi) is 2.91. The summed E-state index contributed by atoms with van der Waals surface area (Å²) >= 11 is 0. The van der Waals surface area contributed by atoms with Crippen LogP contribution in [0.4, 0.5) is 0 Å².